The largest absolute Gasteiger partial charge is 0.346 e. The van der Waals surface area contributed by atoms with Gasteiger partial charge in [-0.25, -0.2) is 13.9 Å². The van der Waals surface area contributed by atoms with Crippen molar-refractivity contribution in [1.82, 2.24) is 19.7 Å². The van der Waals surface area contributed by atoms with Crippen LogP contribution in [0.15, 0.2) is 29.1 Å². The molecule has 1 aliphatic rings. The van der Waals surface area contributed by atoms with Gasteiger partial charge in [-0.1, -0.05) is 12.1 Å². The zero-order valence-corrected chi connectivity index (χ0v) is 13.5. The Balaban J connectivity index is 1.80. The van der Waals surface area contributed by atoms with Crippen molar-refractivity contribution in [3.63, 3.8) is 0 Å². The first kappa shape index (κ1) is 15.9. The van der Waals surface area contributed by atoms with E-state index in [2.05, 4.69) is 10.4 Å². The Morgan fingerprint density at radius 1 is 1.26 bits per heavy atom. The van der Waals surface area contributed by atoms with E-state index < -0.39 is 0 Å². The summed E-state index contributed by atoms with van der Waals surface area (Å²) in [4.78, 5) is 12.5. The van der Waals surface area contributed by atoms with E-state index in [9.17, 15) is 9.18 Å². The predicted molar refractivity (Wildman–Crippen MR) is 87.0 cm³/mol. The summed E-state index contributed by atoms with van der Waals surface area (Å²) in [5.41, 5.74) is 0.795. The van der Waals surface area contributed by atoms with E-state index in [0.29, 0.717) is 19.0 Å². The molecule has 0 spiro atoms. The number of aromatic nitrogens is 3. The fourth-order valence-electron chi connectivity index (χ4n) is 3.16. The van der Waals surface area contributed by atoms with Crippen molar-refractivity contribution in [3.05, 3.63) is 52.0 Å². The van der Waals surface area contributed by atoms with E-state index in [0.717, 1.165) is 43.7 Å². The molecule has 0 bridgehead atoms. The predicted octanol–water partition coefficient (Wildman–Crippen LogP) is 1.79. The van der Waals surface area contributed by atoms with Crippen LogP contribution < -0.4 is 11.0 Å². The quantitative estimate of drug-likeness (QED) is 0.914. The van der Waals surface area contributed by atoms with E-state index in [1.807, 2.05) is 6.92 Å². The van der Waals surface area contributed by atoms with Crippen LogP contribution in [-0.4, -0.2) is 27.4 Å². The van der Waals surface area contributed by atoms with Gasteiger partial charge in [-0.15, -0.1) is 0 Å². The van der Waals surface area contributed by atoms with Crippen LogP contribution in [0.2, 0.25) is 0 Å². The molecule has 0 aliphatic carbocycles. The van der Waals surface area contributed by atoms with Crippen LogP contribution in [0.5, 0.6) is 0 Å². The summed E-state index contributed by atoms with van der Waals surface area (Å²) < 4.78 is 16.2. The van der Waals surface area contributed by atoms with Crippen LogP contribution in [0.3, 0.4) is 0 Å². The lowest BCUT2D eigenvalue weighted by Gasteiger charge is -2.21. The number of halogens is 1. The molecular weight excluding hydrogens is 295 g/mol. The lowest BCUT2D eigenvalue weighted by Crippen LogP contribution is -2.30. The third-order valence-electron chi connectivity index (χ3n) is 4.49. The second kappa shape index (κ2) is 7.08. The fourth-order valence-corrected chi connectivity index (χ4v) is 3.16. The first-order chi connectivity index (χ1) is 11.2. The van der Waals surface area contributed by atoms with E-state index in [4.69, 9.17) is 0 Å². The molecule has 0 unspecified atom stereocenters. The second-order valence-electron chi connectivity index (χ2n) is 6.12. The van der Waals surface area contributed by atoms with Gasteiger partial charge in [0.1, 0.15) is 11.6 Å². The first-order valence-electron chi connectivity index (χ1n) is 8.29. The molecule has 23 heavy (non-hydrogen) atoms. The molecule has 0 amide bonds. The Bertz CT molecular complexity index is 698. The van der Waals surface area contributed by atoms with Gasteiger partial charge in [0, 0.05) is 13.0 Å². The van der Waals surface area contributed by atoms with Gasteiger partial charge in [0.15, 0.2) is 0 Å². The summed E-state index contributed by atoms with van der Waals surface area (Å²) in [5, 5.41) is 7.90. The molecule has 0 atom stereocenters. The highest BCUT2D eigenvalue weighted by Crippen LogP contribution is 2.16. The molecule has 1 N–H and O–H groups in total. The fraction of sp³-hybridized carbons (Fsp3) is 0.529. The summed E-state index contributed by atoms with van der Waals surface area (Å²) in [6.07, 6.45) is 3.10. The highest BCUT2D eigenvalue weighted by Gasteiger charge is 2.19. The van der Waals surface area contributed by atoms with E-state index in [1.165, 1.54) is 16.8 Å². The van der Waals surface area contributed by atoms with Crippen molar-refractivity contribution < 1.29 is 4.39 Å². The van der Waals surface area contributed by atoms with Crippen molar-refractivity contribution in [2.75, 3.05) is 13.1 Å². The Labute approximate surface area is 135 Å². The Hall–Kier alpha value is -1.95. The smallest absolute Gasteiger partial charge is 0.317 e. The minimum absolute atomic E-state index is 0.0826. The Morgan fingerprint density at radius 3 is 2.61 bits per heavy atom. The third kappa shape index (κ3) is 3.69. The highest BCUT2D eigenvalue weighted by atomic mass is 19.1. The molecule has 1 aromatic carbocycles. The molecule has 1 aliphatic heterocycles. The van der Waals surface area contributed by atoms with Crippen LogP contribution in [0.4, 0.5) is 4.39 Å². The van der Waals surface area contributed by atoms with Gasteiger partial charge in [0.2, 0.25) is 0 Å². The third-order valence-corrected chi connectivity index (χ3v) is 4.49. The summed E-state index contributed by atoms with van der Waals surface area (Å²) in [6.45, 7) is 5.06. The first-order valence-corrected chi connectivity index (χ1v) is 8.29. The van der Waals surface area contributed by atoms with E-state index in [-0.39, 0.29) is 11.5 Å². The van der Waals surface area contributed by atoms with E-state index >= 15 is 0 Å². The minimum Gasteiger partial charge on any atom is -0.317 e. The van der Waals surface area contributed by atoms with Crippen LogP contribution in [-0.2, 0) is 19.5 Å². The van der Waals surface area contributed by atoms with E-state index in [1.54, 1.807) is 16.7 Å². The van der Waals surface area contributed by atoms with Crippen LogP contribution in [0.25, 0.3) is 0 Å². The number of benzene rings is 1. The lowest BCUT2D eigenvalue weighted by molar-refractivity contribution is 0.362. The van der Waals surface area contributed by atoms with Crippen LogP contribution in [0, 0.1) is 11.7 Å². The molecule has 0 radical (unpaired) electrons. The number of piperidine rings is 1. The molecule has 2 aromatic rings. The molecule has 1 saturated heterocycles. The molecule has 0 saturated carbocycles. The number of nitrogens with one attached hydrogen (secondary N) is 1. The maximum absolute atomic E-state index is 13.0. The summed E-state index contributed by atoms with van der Waals surface area (Å²) >= 11 is 0. The normalized spacial score (nSPS) is 15.9. The van der Waals surface area contributed by atoms with Gasteiger partial charge >= 0.3 is 5.69 Å². The van der Waals surface area contributed by atoms with Crippen LogP contribution in [0.1, 0.15) is 31.2 Å². The van der Waals surface area contributed by atoms with Gasteiger partial charge < -0.3 is 5.32 Å². The minimum atomic E-state index is -0.271. The Kier molecular flexibility index (Phi) is 4.91. The summed E-state index contributed by atoms with van der Waals surface area (Å²) in [7, 11) is 0. The number of rotatable bonds is 5. The Morgan fingerprint density at radius 2 is 1.96 bits per heavy atom. The molecule has 5 nitrogen and oxygen atoms in total. The molecule has 124 valence electrons. The van der Waals surface area contributed by atoms with Crippen molar-refractivity contribution >= 4 is 0 Å². The average molecular weight is 318 g/mol. The zero-order valence-electron chi connectivity index (χ0n) is 13.5. The highest BCUT2D eigenvalue weighted by molar-refractivity contribution is 5.16. The maximum atomic E-state index is 13.0. The van der Waals surface area contributed by atoms with Gasteiger partial charge in [-0.2, -0.15) is 5.10 Å². The maximum Gasteiger partial charge on any atom is 0.346 e. The SMILES string of the molecule is CCn1c(CC2CCNCC2)nn(Cc2ccc(F)cc2)c1=O. The average Bonchev–Trinajstić information content (AvgIpc) is 2.85. The lowest BCUT2D eigenvalue weighted by atomic mass is 9.94. The monoisotopic (exact) mass is 318 g/mol. The second-order valence-corrected chi connectivity index (χ2v) is 6.12. The van der Waals surface area contributed by atoms with Crippen molar-refractivity contribution in [1.29, 1.82) is 0 Å². The van der Waals surface area contributed by atoms with Gasteiger partial charge in [0.25, 0.3) is 0 Å². The summed E-state index contributed by atoms with van der Waals surface area (Å²) in [6, 6.07) is 6.21. The molecular formula is C17H23FN4O. The summed E-state index contributed by atoms with van der Waals surface area (Å²) in [5.74, 6) is 1.18. The van der Waals surface area contributed by atoms with Crippen molar-refractivity contribution in [2.24, 2.45) is 5.92 Å². The van der Waals surface area contributed by atoms with Crippen molar-refractivity contribution in [2.45, 2.75) is 39.3 Å². The molecule has 3 rings (SSSR count). The van der Waals surface area contributed by atoms with Gasteiger partial charge in [-0.3, -0.25) is 4.57 Å². The molecule has 1 aromatic heterocycles. The van der Waals surface area contributed by atoms with Crippen molar-refractivity contribution in [3.8, 4) is 0 Å². The van der Waals surface area contributed by atoms with Gasteiger partial charge in [0.05, 0.1) is 6.54 Å². The number of hydrogen-bond acceptors (Lipinski definition) is 3. The zero-order chi connectivity index (χ0) is 16.2. The topological polar surface area (TPSA) is 51.9 Å². The molecule has 6 heteroatoms. The standard InChI is InChI=1S/C17H23FN4O/c1-2-21-16(11-13-7-9-19-10-8-13)20-22(17(21)23)12-14-3-5-15(18)6-4-14/h3-6,13,19H,2,7-12H2,1H3. The van der Waals surface area contributed by atoms with Crippen LogP contribution >= 0.6 is 0 Å². The van der Waals surface area contributed by atoms with Gasteiger partial charge in [-0.05, 0) is 56.5 Å². The molecule has 1 fully saturated rings. The number of nitrogens with zero attached hydrogens (tertiary/aromatic N) is 3. The molecule has 2 heterocycles. The number of hydrogen-bond donors (Lipinski definition) is 1.